The second kappa shape index (κ2) is 10.1. The Bertz CT molecular complexity index is 1250. The maximum atomic E-state index is 13.3. The van der Waals surface area contributed by atoms with E-state index in [0.29, 0.717) is 37.7 Å². The molecule has 9 nitrogen and oxygen atoms in total. The van der Waals surface area contributed by atoms with Gasteiger partial charge in [-0.05, 0) is 30.3 Å². The molecule has 1 fully saturated rings. The molecular formula is C23H27N3O6S2. The summed E-state index contributed by atoms with van der Waals surface area (Å²) in [5, 5.41) is 2.80. The summed E-state index contributed by atoms with van der Waals surface area (Å²) in [7, 11) is 2.50. The Kier molecular flexibility index (Phi) is 7.15. The van der Waals surface area contributed by atoms with Gasteiger partial charge in [0.05, 0.1) is 34.1 Å². The predicted molar refractivity (Wildman–Crippen MR) is 131 cm³/mol. The highest BCUT2D eigenvalue weighted by molar-refractivity contribution is 7.89. The zero-order chi connectivity index (χ0) is 24.3. The van der Waals surface area contributed by atoms with Gasteiger partial charge in [0.25, 0.3) is 0 Å². The molecular weight excluding hydrogens is 478 g/mol. The molecule has 0 radical (unpaired) electrons. The minimum atomic E-state index is -3.71. The minimum Gasteiger partial charge on any atom is -0.497 e. The molecule has 2 aromatic carbocycles. The standard InChI is InChI=1S/C23H27N3O6S2/c1-29-16-5-7-20(31-3)18(13-16)19-15-33-23(24-19)25-9-11-26(12-10-25)34(27,28)22-8-6-17(30-2)14-21(22)32-4/h5-8,13-15H,9-12H2,1-4H3. The fourth-order valence-corrected chi connectivity index (χ4v) is 6.23. The average Bonchev–Trinajstić information content (AvgIpc) is 3.38. The number of aromatic nitrogens is 1. The van der Waals surface area contributed by atoms with Gasteiger partial charge in [-0.2, -0.15) is 4.31 Å². The molecule has 0 unspecified atom stereocenters. The molecule has 0 atom stereocenters. The monoisotopic (exact) mass is 505 g/mol. The van der Waals surface area contributed by atoms with Crippen LogP contribution in [0.25, 0.3) is 11.3 Å². The average molecular weight is 506 g/mol. The molecule has 0 saturated carbocycles. The largest absolute Gasteiger partial charge is 0.497 e. The molecule has 34 heavy (non-hydrogen) atoms. The van der Waals surface area contributed by atoms with Gasteiger partial charge in [0.15, 0.2) is 5.13 Å². The van der Waals surface area contributed by atoms with Crippen molar-refractivity contribution < 1.29 is 27.4 Å². The van der Waals surface area contributed by atoms with E-state index in [4.69, 9.17) is 23.9 Å². The molecule has 0 N–H and O–H groups in total. The van der Waals surface area contributed by atoms with E-state index in [1.54, 1.807) is 26.4 Å². The van der Waals surface area contributed by atoms with Crippen molar-refractivity contribution >= 4 is 26.5 Å². The van der Waals surface area contributed by atoms with E-state index in [1.165, 1.54) is 35.9 Å². The van der Waals surface area contributed by atoms with Gasteiger partial charge in [0.1, 0.15) is 27.9 Å². The zero-order valence-corrected chi connectivity index (χ0v) is 21.1. The third kappa shape index (κ3) is 4.63. The summed E-state index contributed by atoms with van der Waals surface area (Å²) >= 11 is 1.52. The summed E-state index contributed by atoms with van der Waals surface area (Å²) in [4.78, 5) is 7.01. The van der Waals surface area contributed by atoms with Gasteiger partial charge >= 0.3 is 0 Å². The Balaban J connectivity index is 1.50. The maximum Gasteiger partial charge on any atom is 0.246 e. The van der Waals surface area contributed by atoms with Crippen molar-refractivity contribution in [2.75, 3.05) is 59.5 Å². The van der Waals surface area contributed by atoms with Crippen molar-refractivity contribution in [3.05, 3.63) is 41.8 Å². The lowest BCUT2D eigenvalue weighted by molar-refractivity contribution is 0.370. The first-order valence-electron chi connectivity index (χ1n) is 10.6. The van der Waals surface area contributed by atoms with Gasteiger partial charge in [-0.3, -0.25) is 0 Å². The summed E-state index contributed by atoms with van der Waals surface area (Å²) in [5.74, 6) is 2.23. The number of nitrogens with zero attached hydrogens (tertiary/aromatic N) is 3. The minimum absolute atomic E-state index is 0.130. The van der Waals surface area contributed by atoms with Crippen molar-refractivity contribution in [2.24, 2.45) is 0 Å². The van der Waals surface area contributed by atoms with E-state index in [-0.39, 0.29) is 10.6 Å². The number of ether oxygens (including phenoxy) is 4. The molecule has 11 heteroatoms. The van der Waals surface area contributed by atoms with E-state index in [0.717, 1.165) is 22.1 Å². The molecule has 1 saturated heterocycles. The van der Waals surface area contributed by atoms with Crippen LogP contribution in [-0.4, -0.2) is 72.3 Å². The van der Waals surface area contributed by atoms with Crippen LogP contribution in [0.5, 0.6) is 23.0 Å². The summed E-state index contributed by atoms with van der Waals surface area (Å²) < 4.78 is 49.4. The number of benzene rings is 2. The van der Waals surface area contributed by atoms with Crippen LogP contribution in [0.3, 0.4) is 0 Å². The predicted octanol–water partition coefficient (Wildman–Crippen LogP) is 3.36. The second-order valence-electron chi connectivity index (χ2n) is 7.49. The van der Waals surface area contributed by atoms with Crippen LogP contribution < -0.4 is 23.8 Å². The second-order valence-corrected chi connectivity index (χ2v) is 10.2. The molecule has 0 amide bonds. The number of rotatable bonds is 8. The number of hydrogen-bond acceptors (Lipinski definition) is 9. The molecule has 3 aromatic rings. The fourth-order valence-electron chi connectivity index (χ4n) is 3.79. The SMILES string of the molecule is COc1ccc(S(=O)(=O)N2CCN(c3nc(-c4cc(OC)ccc4OC)cs3)CC2)c(OC)c1. The number of thiazole rings is 1. The van der Waals surface area contributed by atoms with Crippen LogP contribution in [0.1, 0.15) is 0 Å². The Hall–Kier alpha value is -3.02. The van der Waals surface area contributed by atoms with Crippen molar-refractivity contribution in [1.82, 2.24) is 9.29 Å². The van der Waals surface area contributed by atoms with E-state index >= 15 is 0 Å². The number of sulfonamides is 1. The molecule has 1 aliphatic rings. The Morgan fingerprint density at radius 3 is 2.12 bits per heavy atom. The first kappa shape index (κ1) is 24.1. The first-order valence-corrected chi connectivity index (χ1v) is 12.9. The molecule has 4 rings (SSSR count). The molecule has 182 valence electrons. The van der Waals surface area contributed by atoms with Crippen molar-refractivity contribution in [1.29, 1.82) is 0 Å². The molecule has 0 bridgehead atoms. The highest BCUT2D eigenvalue weighted by Crippen LogP contribution is 2.36. The van der Waals surface area contributed by atoms with Gasteiger partial charge < -0.3 is 23.8 Å². The van der Waals surface area contributed by atoms with Crippen LogP contribution in [-0.2, 0) is 10.0 Å². The maximum absolute atomic E-state index is 13.3. The number of hydrogen-bond donors (Lipinski definition) is 0. The summed E-state index contributed by atoms with van der Waals surface area (Å²) in [6.07, 6.45) is 0. The Labute approximate surface area is 203 Å². The number of methoxy groups -OCH3 is 4. The van der Waals surface area contributed by atoms with Gasteiger partial charge in [-0.25, -0.2) is 13.4 Å². The van der Waals surface area contributed by atoms with Crippen LogP contribution in [0.15, 0.2) is 46.7 Å². The lowest BCUT2D eigenvalue weighted by atomic mass is 10.1. The number of anilines is 1. The normalized spacial score (nSPS) is 14.6. The summed E-state index contributed by atoms with van der Waals surface area (Å²) in [5.41, 5.74) is 1.63. The Morgan fingerprint density at radius 1 is 0.824 bits per heavy atom. The van der Waals surface area contributed by atoms with E-state index < -0.39 is 10.0 Å². The topological polar surface area (TPSA) is 90.4 Å². The van der Waals surface area contributed by atoms with Gasteiger partial charge in [-0.15, -0.1) is 11.3 Å². The smallest absolute Gasteiger partial charge is 0.246 e. The first-order chi connectivity index (χ1) is 16.4. The third-order valence-electron chi connectivity index (χ3n) is 5.67. The Morgan fingerprint density at radius 2 is 1.47 bits per heavy atom. The number of piperazine rings is 1. The molecule has 1 aromatic heterocycles. The van der Waals surface area contributed by atoms with Crippen molar-refractivity contribution in [3.8, 4) is 34.3 Å². The van der Waals surface area contributed by atoms with Crippen molar-refractivity contribution in [3.63, 3.8) is 0 Å². The fraction of sp³-hybridized carbons (Fsp3) is 0.348. The van der Waals surface area contributed by atoms with Gasteiger partial charge in [0.2, 0.25) is 10.0 Å². The van der Waals surface area contributed by atoms with Crippen LogP contribution in [0.2, 0.25) is 0 Å². The van der Waals surface area contributed by atoms with Crippen LogP contribution in [0, 0.1) is 0 Å². The zero-order valence-electron chi connectivity index (χ0n) is 19.5. The quantitative estimate of drug-likeness (QED) is 0.460. The van der Waals surface area contributed by atoms with Crippen LogP contribution in [0.4, 0.5) is 5.13 Å². The van der Waals surface area contributed by atoms with Gasteiger partial charge in [0, 0.05) is 43.2 Å². The molecule has 2 heterocycles. The lowest BCUT2D eigenvalue weighted by Crippen LogP contribution is -2.48. The van der Waals surface area contributed by atoms with E-state index in [1.807, 2.05) is 23.6 Å². The third-order valence-corrected chi connectivity index (χ3v) is 8.51. The van der Waals surface area contributed by atoms with E-state index in [2.05, 4.69) is 4.90 Å². The van der Waals surface area contributed by atoms with Crippen molar-refractivity contribution in [2.45, 2.75) is 4.90 Å². The summed E-state index contributed by atoms with van der Waals surface area (Å²) in [6, 6.07) is 10.3. The summed E-state index contributed by atoms with van der Waals surface area (Å²) in [6.45, 7) is 1.74. The van der Waals surface area contributed by atoms with Crippen LogP contribution >= 0.6 is 11.3 Å². The highest BCUT2D eigenvalue weighted by Gasteiger charge is 2.32. The highest BCUT2D eigenvalue weighted by atomic mass is 32.2. The molecule has 1 aliphatic heterocycles. The molecule has 0 spiro atoms. The lowest BCUT2D eigenvalue weighted by Gasteiger charge is -2.34. The van der Waals surface area contributed by atoms with E-state index in [9.17, 15) is 8.42 Å². The molecule has 0 aliphatic carbocycles. The van der Waals surface area contributed by atoms with Gasteiger partial charge in [-0.1, -0.05) is 0 Å².